The summed E-state index contributed by atoms with van der Waals surface area (Å²) in [6.07, 6.45) is 2.75. The lowest BCUT2D eigenvalue weighted by molar-refractivity contribution is 0.0697. The molecule has 1 unspecified atom stereocenters. The number of aryl methyl sites for hydroxylation is 1. The first-order valence-electron chi connectivity index (χ1n) is 11.8. The lowest BCUT2D eigenvalue weighted by atomic mass is 10.00. The molecular weight excluding hydrogens is 503 g/mol. The summed E-state index contributed by atoms with van der Waals surface area (Å²) in [5, 5.41) is 13.2. The minimum atomic E-state index is -4.08. The van der Waals surface area contributed by atoms with E-state index < -0.39 is 21.8 Å². The van der Waals surface area contributed by atoms with E-state index in [-0.39, 0.29) is 28.1 Å². The third kappa shape index (κ3) is 6.84. The molecule has 0 aliphatic rings. The number of carboxylic acids is 1. The average molecular weight is 533 g/mol. The van der Waals surface area contributed by atoms with Crippen LogP contribution in [0.5, 0.6) is 0 Å². The van der Waals surface area contributed by atoms with E-state index in [9.17, 15) is 22.7 Å². The summed E-state index contributed by atoms with van der Waals surface area (Å²) in [6.45, 7) is 3.85. The third-order valence-electron chi connectivity index (χ3n) is 5.80. The maximum absolute atomic E-state index is 13.4. The van der Waals surface area contributed by atoms with Crippen LogP contribution >= 0.6 is 11.6 Å². The van der Waals surface area contributed by atoms with Gasteiger partial charge in [-0.1, -0.05) is 74.7 Å². The highest BCUT2D eigenvalue weighted by Crippen LogP contribution is 2.31. The van der Waals surface area contributed by atoms with Crippen molar-refractivity contribution in [3.05, 3.63) is 93.8 Å². The molecule has 0 heterocycles. The molecular formula is C27H30ClFN2O4S. The van der Waals surface area contributed by atoms with Gasteiger partial charge < -0.3 is 10.4 Å². The summed E-state index contributed by atoms with van der Waals surface area (Å²) in [5.41, 5.74) is 2.25. The first kappa shape index (κ1) is 27.6. The Hall–Kier alpha value is -2.94. The normalized spacial score (nSPS) is 12.3. The van der Waals surface area contributed by atoms with Crippen molar-refractivity contribution in [2.24, 2.45) is 0 Å². The molecule has 3 aromatic rings. The summed E-state index contributed by atoms with van der Waals surface area (Å²) < 4.78 is 42.4. The van der Waals surface area contributed by atoms with E-state index in [0.717, 1.165) is 24.5 Å². The Balaban J connectivity index is 1.99. The molecule has 9 heteroatoms. The number of rotatable bonds is 12. The highest BCUT2D eigenvalue weighted by Gasteiger charge is 2.24. The fourth-order valence-corrected chi connectivity index (χ4v) is 5.52. The van der Waals surface area contributed by atoms with Crippen LogP contribution in [0.3, 0.4) is 0 Å². The molecule has 0 aromatic heterocycles. The van der Waals surface area contributed by atoms with Crippen molar-refractivity contribution < 1.29 is 22.7 Å². The molecule has 0 bridgehead atoms. The van der Waals surface area contributed by atoms with Gasteiger partial charge in [-0.15, -0.1) is 0 Å². The molecule has 0 aliphatic heterocycles. The third-order valence-corrected chi connectivity index (χ3v) is 7.57. The standard InChI is InChI=1S/C27H30ClFN2O4S/c1-3-8-20-15-25(31-24(9-4-2)19-10-6-5-7-11-19)21(27(32)33)16-26(20)36(34,35)30-17-18-12-13-23(29)22(28)14-18/h5-7,10-16,24,30-31H,3-4,8-9,17H2,1-2H3,(H,32,33). The van der Waals surface area contributed by atoms with Gasteiger partial charge in [-0.25, -0.2) is 22.3 Å². The second-order valence-electron chi connectivity index (χ2n) is 8.53. The Morgan fingerprint density at radius 2 is 1.78 bits per heavy atom. The molecule has 6 nitrogen and oxygen atoms in total. The van der Waals surface area contributed by atoms with E-state index in [0.29, 0.717) is 29.7 Å². The van der Waals surface area contributed by atoms with Crippen LogP contribution in [-0.2, 0) is 23.0 Å². The molecule has 0 radical (unpaired) electrons. The fourth-order valence-electron chi connectivity index (χ4n) is 4.03. The highest BCUT2D eigenvalue weighted by atomic mass is 35.5. The van der Waals surface area contributed by atoms with E-state index >= 15 is 0 Å². The second-order valence-corrected chi connectivity index (χ2v) is 10.7. The van der Waals surface area contributed by atoms with Crippen molar-refractivity contribution in [2.75, 3.05) is 5.32 Å². The number of halogens is 2. The summed E-state index contributed by atoms with van der Waals surface area (Å²) in [4.78, 5) is 12.1. The number of anilines is 1. The number of hydrogen-bond donors (Lipinski definition) is 3. The first-order chi connectivity index (χ1) is 17.2. The molecule has 0 aliphatic carbocycles. The summed E-state index contributed by atoms with van der Waals surface area (Å²) >= 11 is 5.80. The summed E-state index contributed by atoms with van der Waals surface area (Å²) in [6, 6.07) is 16.4. The van der Waals surface area contributed by atoms with E-state index in [1.165, 1.54) is 18.2 Å². The maximum atomic E-state index is 13.4. The van der Waals surface area contributed by atoms with Crippen molar-refractivity contribution in [3.63, 3.8) is 0 Å². The SMILES string of the molecule is CCCc1cc(NC(CCC)c2ccccc2)c(C(=O)O)cc1S(=O)(=O)NCc1ccc(F)c(Cl)c1. The smallest absolute Gasteiger partial charge is 0.337 e. The zero-order valence-electron chi connectivity index (χ0n) is 20.2. The van der Waals surface area contributed by atoms with E-state index in [2.05, 4.69) is 10.0 Å². The summed E-state index contributed by atoms with van der Waals surface area (Å²) in [7, 11) is -4.08. The van der Waals surface area contributed by atoms with Crippen LogP contribution in [0.1, 0.15) is 66.2 Å². The molecule has 0 fully saturated rings. The Morgan fingerprint density at radius 1 is 1.06 bits per heavy atom. The van der Waals surface area contributed by atoms with Gasteiger partial charge >= 0.3 is 5.97 Å². The molecule has 3 N–H and O–H groups in total. The molecule has 3 aromatic carbocycles. The summed E-state index contributed by atoms with van der Waals surface area (Å²) in [5.74, 6) is -1.83. The molecule has 3 rings (SSSR count). The number of hydrogen-bond acceptors (Lipinski definition) is 4. The lowest BCUT2D eigenvalue weighted by Crippen LogP contribution is -2.25. The molecule has 0 saturated carbocycles. The predicted molar refractivity (Wildman–Crippen MR) is 141 cm³/mol. The topological polar surface area (TPSA) is 95.5 Å². The number of carbonyl (C=O) groups is 1. The van der Waals surface area contributed by atoms with Gasteiger partial charge in [-0.3, -0.25) is 0 Å². The van der Waals surface area contributed by atoms with Crippen LogP contribution in [0.2, 0.25) is 5.02 Å². The number of sulfonamides is 1. The van der Waals surface area contributed by atoms with Gasteiger partial charge in [0.1, 0.15) is 5.82 Å². The van der Waals surface area contributed by atoms with Crippen LogP contribution < -0.4 is 10.0 Å². The highest BCUT2D eigenvalue weighted by molar-refractivity contribution is 7.89. The van der Waals surface area contributed by atoms with Gasteiger partial charge in [0, 0.05) is 12.2 Å². The second kappa shape index (κ2) is 12.3. The fraction of sp³-hybridized carbons (Fsp3) is 0.296. The number of aromatic carboxylic acids is 1. The first-order valence-corrected chi connectivity index (χ1v) is 13.7. The quantitative estimate of drug-likeness (QED) is 0.245. The van der Waals surface area contributed by atoms with E-state index in [1.54, 1.807) is 6.07 Å². The van der Waals surface area contributed by atoms with Crippen LogP contribution in [-0.4, -0.2) is 19.5 Å². The van der Waals surface area contributed by atoms with Crippen molar-refractivity contribution in [1.82, 2.24) is 4.72 Å². The minimum absolute atomic E-state index is 0.0905. The molecule has 0 amide bonds. The minimum Gasteiger partial charge on any atom is -0.478 e. The van der Waals surface area contributed by atoms with Crippen LogP contribution in [0.25, 0.3) is 0 Å². The van der Waals surface area contributed by atoms with Crippen LogP contribution in [0.15, 0.2) is 65.6 Å². The van der Waals surface area contributed by atoms with Gasteiger partial charge in [0.2, 0.25) is 10.0 Å². The molecule has 0 spiro atoms. The molecule has 1 atom stereocenters. The Kier molecular flexibility index (Phi) is 9.48. The van der Waals surface area contributed by atoms with Gasteiger partial charge in [-0.05, 0) is 53.8 Å². The molecule has 36 heavy (non-hydrogen) atoms. The van der Waals surface area contributed by atoms with Crippen molar-refractivity contribution in [3.8, 4) is 0 Å². The molecule has 0 saturated heterocycles. The number of carboxylic acid groups (broad SMARTS) is 1. The lowest BCUT2D eigenvalue weighted by Gasteiger charge is -2.23. The largest absolute Gasteiger partial charge is 0.478 e. The zero-order valence-corrected chi connectivity index (χ0v) is 21.8. The van der Waals surface area contributed by atoms with Crippen LogP contribution in [0.4, 0.5) is 10.1 Å². The Labute approximate surface area is 216 Å². The monoisotopic (exact) mass is 532 g/mol. The average Bonchev–Trinajstić information content (AvgIpc) is 2.85. The molecule has 192 valence electrons. The zero-order chi connectivity index (χ0) is 26.3. The van der Waals surface area contributed by atoms with Crippen molar-refractivity contribution in [1.29, 1.82) is 0 Å². The van der Waals surface area contributed by atoms with Crippen molar-refractivity contribution in [2.45, 2.75) is 57.0 Å². The van der Waals surface area contributed by atoms with E-state index in [1.807, 2.05) is 44.2 Å². The van der Waals surface area contributed by atoms with Gasteiger partial charge in [0.05, 0.1) is 21.5 Å². The van der Waals surface area contributed by atoms with Crippen LogP contribution in [0, 0.1) is 5.82 Å². The van der Waals surface area contributed by atoms with E-state index in [4.69, 9.17) is 11.6 Å². The van der Waals surface area contributed by atoms with Crippen molar-refractivity contribution >= 4 is 33.3 Å². The number of benzene rings is 3. The Bertz CT molecular complexity index is 1320. The van der Waals surface area contributed by atoms with Gasteiger partial charge in [0.25, 0.3) is 0 Å². The predicted octanol–water partition coefficient (Wildman–Crippen LogP) is 6.56. The maximum Gasteiger partial charge on any atom is 0.337 e. The van der Waals surface area contributed by atoms with Gasteiger partial charge in [0.15, 0.2) is 0 Å². The van der Waals surface area contributed by atoms with Gasteiger partial charge in [-0.2, -0.15) is 0 Å². The Morgan fingerprint density at radius 3 is 2.39 bits per heavy atom. The number of nitrogens with one attached hydrogen (secondary N) is 2.